The van der Waals surface area contributed by atoms with E-state index in [1.165, 1.54) is 14.2 Å². The van der Waals surface area contributed by atoms with Crippen molar-refractivity contribution in [3.8, 4) is 11.5 Å². The molecular formula is C15H15NO6S2. The average Bonchev–Trinajstić information content (AvgIpc) is 2.86. The van der Waals surface area contributed by atoms with Gasteiger partial charge in [-0.1, -0.05) is 23.3 Å². The number of amides is 1. The highest BCUT2D eigenvalue weighted by Crippen LogP contribution is 2.37. The van der Waals surface area contributed by atoms with Crippen molar-refractivity contribution in [1.82, 2.24) is 5.06 Å². The molecule has 0 aromatic heterocycles. The van der Waals surface area contributed by atoms with Gasteiger partial charge in [0.1, 0.15) is 17.8 Å². The van der Waals surface area contributed by atoms with E-state index >= 15 is 0 Å². The number of hydrogen-bond acceptors (Lipinski definition) is 8. The van der Waals surface area contributed by atoms with E-state index in [9.17, 15) is 9.90 Å². The molecule has 1 amide bonds. The van der Waals surface area contributed by atoms with Crippen LogP contribution in [0.25, 0.3) is 6.08 Å². The van der Waals surface area contributed by atoms with Gasteiger partial charge in [0.25, 0.3) is 5.91 Å². The summed E-state index contributed by atoms with van der Waals surface area (Å²) in [5.41, 5.74) is 1.09. The van der Waals surface area contributed by atoms with Crippen molar-refractivity contribution < 1.29 is 29.3 Å². The molecule has 0 unspecified atom stereocenters. The molecule has 1 N–H and O–H groups in total. The summed E-state index contributed by atoms with van der Waals surface area (Å²) in [6.07, 6.45) is 2.60. The second kappa shape index (κ2) is 8.15. The number of ether oxygens (including phenoxy) is 2. The lowest BCUT2D eigenvalue weighted by atomic mass is 10.1. The summed E-state index contributed by atoms with van der Waals surface area (Å²) in [7, 11) is 3.00. The standard InChI is InChI=1S/C15H15NO6S2/c1-4-21-22-16-14(18)13(24-15(16)23)7-11-9(8-17)5-10(19-2)6-12(11)20-3/h4-7,17H,1,8H2,2-3H3. The molecule has 0 spiro atoms. The summed E-state index contributed by atoms with van der Waals surface area (Å²) in [5.74, 6) is 0.490. The number of thiocarbonyl (C=S) groups is 1. The maximum Gasteiger partial charge on any atom is 0.293 e. The molecule has 9 heteroatoms. The number of carbonyl (C=O) groups excluding carboxylic acids is 1. The summed E-state index contributed by atoms with van der Waals surface area (Å²) < 4.78 is 10.7. The average molecular weight is 369 g/mol. The molecule has 1 aliphatic rings. The zero-order valence-electron chi connectivity index (χ0n) is 13.0. The number of benzene rings is 1. The van der Waals surface area contributed by atoms with Crippen LogP contribution >= 0.6 is 24.0 Å². The van der Waals surface area contributed by atoms with Crippen LogP contribution in [0.5, 0.6) is 11.5 Å². The van der Waals surface area contributed by atoms with E-state index in [0.29, 0.717) is 27.5 Å². The van der Waals surface area contributed by atoms with Crippen LogP contribution in [0, 0.1) is 0 Å². The van der Waals surface area contributed by atoms with Crippen LogP contribution in [0.15, 0.2) is 29.9 Å². The highest BCUT2D eigenvalue weighted by molar-refractivity contribution is 8.26. The minimum Gasteiger partial charge on any atom is -0.497 e. The lowest BCUT2D eigenvalue weighted by Gasteiger charge is -2.12. The highest BCUT2D eigenvalue weighted by atomic mass is 32.2. The number of carbonyl (C=O) groups is 1. The van der Waals surface area contributed by atoms with Gasteiger partial charge >= 0.3 is 0 Å². The number of thioether (sulfide) groups is 1. The molecule has 1 aromatic carbocycles. The maximum atomic E-state index is 12.3. The Hall–Kier alpha value is -2.07. The number of aliphatic hydroxyl groups excluding tert-OH is 1. The molecule has 1 aliphatic heterocycles. The van der Waals surface area contributed by atoms with E-state index in [1.54, 1.807) is 18.2 Å². The van der Waals surface area contributed by atoms with Gasteiger partial charge < -0.3 is 19.5 Å². The number of aliphatic hydroxyl groups is 1. The Morgan fingerprint density at radius 2 is 2.12 bits per heavy atom. The Labute approximate surface area is 148 Å². The molecule has 0 radical (unpaired) electrons. The lowest BCUT2D eigenvalue weighted by molar-refractivity contribution is -0.350. The number of hydroxylamine groups is 2. The molecule has 128 valence electrons. The molecule has 0 aliphatic carbocycles. The van der Waals surface area contributed by atoms with E-state index < -0.39 is 5.91 Å². The first kappa shape index (κ1) is 18.3. The fourth-order valence-electron chi connectivity index (χ4n) is 1.96. The molecule has 2 rings (SSSR count). The molecule has 0 saturated carbocycles. The van der Waals surface area contributed by atoms with E-state index in [4.69, 9.17) is 26.7 Å². The summed E-state index contributed by atoms with van der Waals surface area (Å²) in [5, 5.41) is 10.4. The molecule has 1 aromatic rings. The Kier molecular flexibility index (Phi) is 6.21. The third kappa shape index (κ3) is 3.70. The summed E-state index contributed by atoms with van der Waals surface area (Å²) >= 11 is 6.11. The Morgan fingerprint density at radius 1 is 1.38 bits per heavy atom. The Balaban J connectivity index is 2.42. The zero-order chi connectivity index (χ0) is 17.7. The molecule has 24 heavy (non-hydrogen) atoms. The molecule has 0 atom stereocenters. The Bertz CT molecular complexity index is 678. The summed E-state index contributed by atoms with van der Waals surface area (Å²) in [6, 6.07) is 3.31. The predicted molar refractivity (Wildman–Crippen MR) is 92.8 cm³/mol. The molecule has 1 heterocycles. The molecule has 7 nitrogen and oxygen atoms in total. The van der Waals surface area contributed by atoms with Gasteiger partial charge in [-0.2, -0.15) is 0 Å². The SMILES string of the molecule is C=COON1C(=O)C(=Cc2c(CO)cc(OC)cc2OC)SC1=S. The third-order valence-corrected chi connectivity index (χ3v) is 4.32. The second-order valence-corrected chi connectivity index (χ2v) is 6.05. The van der Waals surface area contributed by atoms with Gasteiger partial charge in [0.15, 0.2) is 4.32 Å². The van der Waals surface area contributed by atoms with Crippen LogP contribution in [0.1, 0.15) is 11.1 Å². The molecule has 1 saturated heterocycles. The zero-order valence-corrected chi connectivity index (χ0v) is 14.6. The first-order valence-electron chi connectivity index (χ1n) is 6.63. The fraction of sp³-hybridized carbons (Fsp3) is 0.200. The number of methoxy groups -OCH3 is 2. The van der Waals surface area contributed by atoms with Crippen molar-refractivity contribution >= 4 is 40.3 Å². The lowest BCUT2D eigenvalue weighted by Crippen LogP contribution is -2.27. The minimum atomic E-state index is -0.492. The first-order valence-corrected chi connectivity index (χ1v) is 7.86. The predicted octanol–water partition coefficient (Wildman–Crippen LogP) is 2.40. The van der Waals surface area contributed by atoms with Crippen molar-refractivity contribution in [1.29, 1.82) is 0 Å². The van der Waals surface area contributed by atoms with Crippen molar-refractivity contribution in [2.45, 2.75) is 6.61 Å². The third-order valence-electron chi connectivity index (χ3n) is 3.05. The van der Waals surface area contributed by atoms with Gasteiger partial charge in [-0.3, -0.25) is 4.79 Å². The fourth-order valence-corrected chi connectivity index (χ4v) is 3.07. The molecule has 1 fully saturated rings. The van der Waals surface area contributed by atoms with E-state index in [1.807, 2.05) is 0 Å². The summed E-state index contributed by atoms with van der Waals surface area (Å²) in [4.78, 5) is 21.9. The smallest absolute Gasteiger partial charge is 0.293 e. The quantitative estimate of drug-likeness (QED) is 0.258. The molecular weight excluding hydrogens is 354 g/mol. The second-order valence-electron chi connectivity index (χ2n) is 4.37. The monoisotopic (exact) mass is 369 g/mol. The summed E-state index contributed by atoms with van der Waals surface area (Å²) in [6.45, 7) is 3.06. The van der Waals surface area contributed by atoms with Crippen LogP contribution in [-0.4, -0.2) is 34.6 Å². The van der Waals surface area contributed by atoms with E-state index in [-0.39, 0.29) is 10.9 Å². The van der Waals surface area contributed by atoms with Gasteiger partial charge in [-0.25, -0.2) is 0 Å². The van der Waals surface area contributed by atoms with Gasteiger partial charge in [-0.15, -0.1) is 5.06 Å². The highest BCUT2D eigenvalue weighted by Gasteiger charge is 2.35. The first-order chi connectivity index (χ1) is 11.5. The van der Waals surface area contributed by atoms with Crippen LogP contribution in [-0.2, 0) is 21.3 Å². The number of nitrogens with zero attached hydrogens (tertiary/aromatic N) is 1. The van der Waals surface area contributed by atoms with Crippen molar-refractivity contribution in [3.05, 3.63) is 41.0 Å². The Morgan fingerprint density at radius 3 is 2.71 bits per heavy atom. The maximum absolute atomic E-state index is 12.3. The van der Waals surface area contributed by atoms with Gasteiger partial charge in [0, 0.05) is 11.6 Å². The van der Waals surface area contributed by atoms with Crippen molar-refractivity contribution in [2.75, 3.05) is 14.2 Å². The van der Waals surface area contributed by atoms with E-state index in [2.05, 4.69) is 11.5 Å². The van der Waals surface area contributed by atoms with Crippen molar-refractivity contribution in [3.63, 3.8) is 0 Å². The molecule has 0 bridgehead atoms. The van der Waals surface area contributed by atoms with Crippen LogP contribution in [0.3, 0.4) is 0 Å². The van der Waals surface area contributed by atoms with E-state index in [0.717, 1.165) is 23.1 Å². The van der Waals surface area contributed by atoms with Crippen LogP contribution in [0.4, 0.5) is 0 Å². The van der Waals surface area contributed by atoms with Gasteiger partial charge in [0.05, 0.1) is 25.7 Å². The van der Waals surface area contributed by atoms with Crippen LogP contribution < -0.4 is 9.47 Å². The van der Waals surface area contributed by atoms with Gasteiger partial charge in [0.2, 0.25) is 0 Å². The number of rotatable bonds is 7. The normalized spacial score (nSPS) is 15.8. The van der Waals surface area contributed by atoms with Crippen molar-refractivity contribution in [2.24, 2.45) is 0 Å². The topological polar surface area (TPSA) is 77.5 Å². The minimum absolute atomic E-state index is 0.172. The van der Waals surface area contributed by atoms with Gasteiger partial charge in [-0.05, 0) is 29.9 Å². The van der Waals surface area contributed by atoms with Crippen LogP contribution in [0.2, 0.25) is 0 Å². The number of hydrogen-bond donors (Lipinski definition) is 1. The largest absolute Gasteiger partial charge is 0.497 e.